The fraction of sp³-hybridized carbons (Fsp3) is 0.462. The van der Waals surface area contributed by atoms with Crippen LogP contribution in [0.15, 0.2) is 0 Å². The van der Waals surface area contributed by atoms with Gasteiger partial charge in [-0.05, 0) is 20.8 Å². The number of aryl methyl sites for hydroxylation is 2. The molecule has 0 amide bonds. The molecular formula is C13H14ClF3N4OS. The molecule has 0 unspecified atom stereocenters. The van der Waals surface area contributed by atoms with E-state index in [1.807, 2.05) is 13.8 Å². The van der Waals surface area contributed by atoms with Gasteiger partial charge in [0.05, 0.1) is 17.2 Å². The zero-order valence-corrected chi connectivity index (χ0v) is 14.2. The van der Waals surface area contributed by atoms with Gasteiger partial charge in [0.1, 0.15) is 11.0 Å². The summed E-state index contributed by atoms with van der Waals surface area (Å²) in [6.45, 7) is 4.42. The van der Waals surface area contributed by atoms with Crippen LogP contribution >= 0.6 is 22.9 Å². The molecule has 0 saturated heterocycles. The van der Waals surface area contributed by atoms with Crippen LogP contribution in [0.1, 0.15) is 21.1 Å². The Morgan fingerprint density at radius 3 is 2.43 bits per heavy atom. The molecule has 0 aliphatic heterocycles. The third-order valence-corrected chi connectivity index (χ3v) is 4.29. The van der Waals surface area contributed by atoms with Crippen LogP contribution in [0.2, 0.25) is 5.15 Å². The first-order valence-electron chi connectivity index (χ1n) is 6.56. The van der Waals surface area contributed by atoms with Crippen LogP contribution in [0, 0.1) is 20.8 Å². The van der Waals surface area contributed by atoms with E-state index >= 15 is 0 Å². The third kappa shape index (κ3) is 4.93. The summed E-state index contributed by atoms with van der Waals surface area (Å²) < 4.78 is 41.2. The summed E-state index contributed by atoms with van der Waals surface area (Å²) in [6, 6.07) is -0.419. The van der Waals surface area contributed by atoms with Crippen LogP contribution in [0.5, 0.6) is 6.01 Å². The molecule has 0 atom stereocenters. The molecule has 10 heteroatoms. The first-order chi connectivity index (χ1) is 10.7. The van der Waals surface area contributed by atoms with Crippen LogP contribution in [0.4, 0.5) is 19.0 Å². The number of hydrogen-bond acceptors (Lipinski definition) is 6. The Hall–Kier alpha value is -1.61. The van der Waals surface area contributed by atoms with Gasteiger partial charge in [-0.1, -0.05) is 11.6 Å². The normalized spacial score (nSPS) is 11.6. The Bertz CT molecular complexity index is 705. The van der Waals surface area contributed by atoms with E-state index in [0.717, 1.165) is 15.6 Å². The number of nitrogens with zero attached hydrogens (tertiary/aromatic N) is 3. The first-order valence-corrected chi connectivity index (χ1v) is 7.75. The second kappa shape index (κ2) is 6.88. The van der Waals surface area contributed by atoms with Crippen molar-refractivity contribution in [2.75, 3.05) is 11.9 Å². The number of halogens is 4. The van der Waals surface area contributed by atoms with Crippen molar-refractivity contribution in [2.24, 2.45) is 0 Å². The van der Waals surface area contributed by atoms with E-state index in [4.69, 9.17) is 11.6 Å². The van der Waals surface area contributed by atoms with Gasteiger partial charge < -0.3 is 10.1 Å². The van der Waals surface area contributed by atoms with E-state index < -0.39 is 18.8 Å². The lowest BCUT2D eigenvalue weighted by atomic mass is 10.3. The molecule has 2 aromatic rings. The SMILES string of the molecule is Cc1nc(C)c(CNc2nc(OCC(F)(F)F)nc(Cl)c2C)s1. The first kappa shape index (κ1) is 17.7. The number of nitrogens with one attached hydrogen (secondary N) is 1. The molecule has 5 nitrogen and oxygen atoms in total. The highest BCUT2D eigenvalue weighted by Crippen LogP contribution is 2.25. The van der Waals surface area contributed by atoms with Gasteiger partial charge in [-0.3, -0.25) is 0 Å². The van der Waals surface area contributed by atoms with Crippen LogP contribution in [-0.4, -0.2) is 27.7 Å². The summed E-state index contributed by atoms with van der Waals surface area (Å²) in [5.74, 6) is 0.327. The smallest absolute Gasteiger partial charge is 0.422 e. The second-order valence-electron chi connectivity index (χ2n) is 4.77. The fourth-order valence-corrected chi connectivity index (χ4v) is 2.79. The lowest BCUT2D eigenvalue weighted by Crippen LogP contribution is -2.20. The molecule has 0 radical (unpaired) electrons. The van der Waals surface area contributed by atoms with Gasteiger partial charge in [0.2, 0.25) is 0 Å². The van der Waals surface area contributed by atoms with Crippen molar-refractivity contribution < 1.29 is 17.9 Å². The molecule has 0 bridgehead atoms. The minimum atomic E-state index is -4.47. The lowest BCUT2D eigenvalue weighted by Gasteiger charge is -2.12. The molecule has 0 fully saturated rings. The van der Waals surface area contributed by atoms with E-state index in [1.165, 1.54) is 11.3 Å². The highest BCUT2D eigenvalue weighted by atomic mass is 35.5. The summed E-state index contributed by atoms with van der Waals surface area (Å²) in [4.78, 5) is 13.0. The number of hydrogen-bond donors (Lipinski definition) is 1. The molecule has 2 rings (SSSR count). The molecule has 0 aromatic carbocycles. The molecule has 126 valence electrons. The quantitative estimate of drug-likeness (QED) is 0.808. The van der Waals surface area contributed by atoms with Gasteiger partial charge >= 0.3 is 12.2 Å². The maximum atomic E-state index is 12.2. The van der Waals surface area contributed by atoms with Crippen molar-refractivity contribution in [3.05, 3.63) is 26.3 Å². The lowest BCUT2D eigenvalue weighted by molar-refractivity contribution is -0.154. The van der Waals surface area contributed by atoms with Crippen molar-refractivity contribution in [1.82, 2.24) is 15.0 Å². The monoisotopic (exact) mass is 366 g/mol. The summed E-state index contributed by atoms with van der Waals surface area (Å²) >= 11 is 7.46. The topological polar surface area (TPSA) is 59.9 Å². The van der Waals surface area contributed by atoms with E-state index in [9.17, 15) is 13.2 Å². The van der Waals surface area contributed by atoms with Crippen molar-refractivity contribution in [1.29, 1.82) is 0 Å². The minimum Gasteiger partial charge on any atom is -0.454 e. The number of alkyl halides is 3. The fourth-order valence-electron chi connectivity index (χ4n) is 1.75. The Balaban J connectivity index is 2.14. The number of rotatable bonds is 5. The molecule has 2 aromatic heterocycles. The van der Waals surface area contributed by atoms with Crippen molar-refractivity contribution in [2.45, 2.75) is 33.5 Å². The van der Waals surface area contributed by atoms with Crippen LogP contribution < -0.4 is 10.1 Å². The van der Waals surface area contributed by atoms with E-state index in [1.54, 1.807) is 6.92 Å². The summed E-state index contributed by atoms with van der Waals surface area (Å²) in [5, 5.41) is 4.01. The van der Waals surface area contributed by atoms with Gasteiger partial charge in [0.15, 0.2) is 6.61 Å². The second-order valence-corrected chi connectivity index (χ2v) is 6.42. The Kier molecular flexibility index (Phi) is 5.30. The third-order valence-electron chi connectivity index (χ3n) is 2.85. The Morgan fingerprint density at radius 2 is 1.87 bits per heavy atom. The van der Waals surface area contributed by atoms with Crippen LogP contribution in [0.3, 0.4) is 0 Å². The van der Waals surface area contributed by atoms with Crippen molar-refractivity contribution >= 4 is 28.8 Å². The number of thiazole rings is 1. The Labute approximate surface area is 139 Å². The number of ether oxygens (including phenoxy) is 1. The van der Waals surface area contributed by atoms with E-state index in [0.29, 0.717) is 17.9 Å². The summed E-state index contributed by atoms with van der Waals surface area (Å²) in [6.07, 6.45) is -4.47. The number of anilines is 1. The van der Waals surface area contributed by atoms with Gasteiger partial charge in [0.25, 0.3) is 0 Å². The zero-order valence-electron chi connectivity index (χ0n) is 12.6. The van der Waals surface area contributed by atoms with Crippen LogP contribution in [0.25, 0.3) is 0 Å². The van der Waals surface area contributed by atoms with Crippen molar-refractivity contribution in [3.8, 4) is 6.01 Å². The average Bonchev–Trinajstić information content (AvgIpc) is 2.76. The molecule has 0 spiro atoms. The minimum absolute atomic E-state index is 0.0388. The highest BCUT2D eigenvalue weighted by Gasteiger charge is 2.29. The predicted octanol–water partition coefficient (Wildman–Crippen LogP) is 4.06. The van der Waals surface area contributed by atoms with Gasteiger partial charge in [0, 0.05) is 10.4 Å². The summed E-state index contributed by atoms with van der Waals surface area (Å²) in [7, 11) is 0. The van der Waals surface area contributed by atoms with E-state index in [2.05, 4.69) is 25.0 Å². The van der Waals surface area contributed by atoms with Gasteiger partial charge in [-0.15, -0.1) is 11.3 Å². The predicted molar refractivity (Wildman–Crippen MR) is 82.2 cm³/mol. The van der Waals surface area contributed by atoms with Gasteiger partial charge in [-0.25, -0.2) is 4.98 Å². The maximum Gasteiger partial charge on any atom is 0.422 e. The molecule has 0 aliphatic rings. The molecule has 0 saturated carbocycles. The van der Waals surface area contributed by atoms with Crippen molar-refractivity contribution in [3.63, 3.8) is 0 Å². The molecule has 23 heavy (non-hydrogen) atoms. The largest absolute Gasteiger partial charge is 0.454 e. The summed E-state index contributed by atoms with van der Waals surface area (Å²) in [5.41, 5.74) is 1.43. The standard InChI is InChI=1S/C13H14ClF3N4OS/c1-6-10(14)20-12(22-5-13(15,16)17)21-11(6)18-4-9-7(2)19-8(3)23-9/h4-5H2,1-3H3,(H,18,20,21). The van der Waals surface area contributed by atoms with E-state index in [-0.39, 0.29) is 5.15 Å². The highest BCUT2D eigenvalue weighted by molar-refractivity contribution is 7.11. The van der Waals surface area contributed by atoms with Crippen LogP contribution in [-0.2, 0) is 6.54 Å². The molecule has 2 heterocycles. The molecule has 0 aliphatic carbocycles. The molecule has 1 N–H and O–H groups in total. The average molecular weight is 367 g/mol. The maximum absolute atomic E-state index is 12.2. The number of aromatic nitrogens is 3. The van der Waals surface area contributed by atoms with Gasteiger partial charge in [-0.2, -0.15) is 23.1 Å². The zero-order chi connectivity index (χ0) is 17.2. The molecular weight excluding hydrogens is 353 g/mol. The Morgan fingerprint density at radius 1 is 1.17 bits per heavy atom.